The quantitative estimate of drug-likeness (QED) is 0.167. The number of hydrogen-bond donors (Lipinski definition) is 0. The minimum atomic E-state index is -0.891. The summed E-state index contributed by atoms with van der Waals surface area (Å²) in [5.74, 6) is 1.00. The number of aromatic nitrogens is 1. The van der Waals surface area contributed by atoms with Crippen LogP contribution in [0.1, 0.15) is 51.3 Å². The average Bonchev–Trinajstić information content (AvgIpc) is 3.29. The van der Waals surface area contributed by atoms with Crippen LogP contribution in [0.25, 0.3) is 6.08 Å². The molecule has 1 aromatic heterocycles. The second-order valence-corrected chi connectivity index (χ2v) is 11.4. The van der Waals surface area contributed by atoms with Crippen LogP contribution >= 0.6 is 11.3 Å². The van der Waals surface area contributed by atoms with Gasteiger partial charge in [0.2, 0.25) is 0 Å². The van der Waals surface area contributed by atoms with Crippen molar-refractivity contribution < 1.29 is 33.3 Å². The highest BCUT2D eigenvalue weighted by Gasteiger charge is 2.34. The molecule has 2 heterocycles. The van der Waals surface area contributed by atoms with Crippen molar-refractivity contribution in [1.29, 1.82) is 0 Å². The van der Waals surface area contributed by atoms with E-state index in [0.717, 1.165) is 12.0 Å². The smallest absolute Gasteiger partial charge is 0.338 e. The number of thiazole rings is 1. The molecule has 0 amide bonds. The Morgan fingerprint density at radius 3 is 2.43 bits per heavy atom. The third-order valence-corrected chi connectivity index (χ3v) is 7.75. The number of esters is 2. The van der Waals surface area contributed by atoms with E-state index in [4.69, 9.17) is 23.7 Å². The highest BCUT2D eigenvalue weighted by atomic mass is 32.1. The molecule has 0 saturated heterocycles. The Hall–Kier alpha value is -4.64. The third kappa shape index (κ3) is 7.11. The second-order valence-electron chi connectivity index (χ2n) is 10.4. The van der Waals surface area contributed by atoms with Crippen molar-refractivity contribution in [1.82, 2.24) is 4.57 Å². The number of rotatable bonds is 12. The van der Waals surface area contributed by atoms with Gasteiger partial charge >= 0.3 is 11.9 Å². The van der Waals surface area contributed by atoms with Gasteiger partial charge in [0.1, 0.15) is 6.61 Å². The van der Waals surface area contributed by atoms with Gasteiger partial charge in [-0.25, -0.2) is 9.79 Å². The number of allylic oxidation sites excluding steroid dienone is 1. The molecule has 0 fully saturated rings. The van der Waals surface area contributed by atoms with E-state index < -0.39 is 18.0 Å². The molecule has 4 rings (SSSR count). The highest BCUT2D eigenvalue weighted by molar-refractivity contribution is 7.07. The number of carbonyl (C=O) groups is 2. The summed E-state index contributed by atoms with van der Waals surface area (Å²) < 4.78 is 29.5. The molecule has 0 aliphatic carbocycles. The number of nitrogens with zero attached hydrogens (tertiary/aromatic N) is 2. The fourth-order valence-electron chi connectivity index (χ4n) is 4.65. The Morgan fingerprint density at radius 1 is 1.07 bits per heavy atom. The van der Waals surface area contributed by atoms with Crippen LogP contribution in [0.15, 0.2) is 70.1 Å². The number of benzene rings is 2. The van der Waals surface area contributed by atoms with Crippen LogP contribution in [0, 0.1) is 5.92 Å². The van der Waals surface area contributed by atoms with Gasteiger partial charge in [-0.15, -0.1) is 0 Å². The molecule has 0 bridgehead atoms. The van der Waals surface area contributed by atoms with Gasteiger partial charge < -0.3 is 23.7 Å². The summed E-state index contributed by atoms with van der Waals surface area (Å²) in [6.07, 6.45) is 4.12. The Balaban J connectivity index is 1.84. The lowest BCUT2D eigenvalue weighted by Crippen LogP contribution is -2.40. The molecule has 2 aromatic carbocycles. The minimum absolute atomic E-state index is 0.0134. The first-order valence-corrected chi connectivity index (χ1v) is 14.9. The van der Waals surface area contributed by atoms with Crippen molar-refractivity contribution in [3.8, 4) is 23.0 Å². The molecule has 0 radical (unpaired) electrons. The summed E-state index contributed by atoms with van der Waals surface area (Å²) in [4.78, 5) is 44.0. The summed E-state index contributed by atoms with van der Waals surface area (Å²) in [5.41, 5.74) is 1.52. The number of ether oxygens (including phenoxy) is 5. The van der Waals surface area contributed by atoms with E-state index in [1.807, 2.05) is 18.2 Å². The topological polar surface area (TPSA) is 115 Å². The van der Waals surface area contributed by atoms with Gasteiger partial charge in [0, 0.05) is 6.92 Å². The SMILES string of the molecule is C=CCOC(=O)C1=C(C)N=c2sc(=Cc3ccc(OCCC(C)C)c(OC)c3)c(=O)n2C1c1ccc(OC(C)=O)c(OC)c1. The molecule has 11 heteroatoms. The summed E-state index contributed by atoms with van der Waals surface area (Å²) in [7, 11) is 3.01. The number of methoxy groups -OCH3 is 2. The lowest BCUT2D eigenvalue weighted by atomic mass is 9.95. The Morgan fingerprint density at radius 2 is 1.77 bits per heavy atom. The Labute approximate surface area is 259 Å². The first kappa shape index (κ1) is 32.3. The van der Waals surface area contributed by atoms with Crippen molar-refractivity contribution in [3.05, 3.63) is 91.1 Å². The number of hydrogen-bond acceptors (Lipinski definition) is 10. The van der Waals surface area contributed by atoms with Gasteiger partial charge in [0.25, 0.3) is 5.56 Å². The number of fused-ring (bicyclic) bond motifs is 1. The highest BCUT2D eigenvalue weighted by Crippen LogP contribution is 2.36. The summed E-state index contributed by atoms with van der Waals surface area (Å²) in [6, 6.07) is 9.45. The monoisotopic (exact) mass is 620 g/mol. The van der Waals surface area contributed by atoms with Crippen LogP contribution in [0.4, 0.5) is 0 Å². The molecular formula is C33H36N2O8S. The van der Waals surface area contributed by atoms with Gasteiger partial charge in [-0.05, 0) is 60.7 Å². The molecule has 1 aliphatic heterocycles. The fraction of sp³-hybridized carbons (Fsp3) is 0.333. The van der Waals surface area contributed by atoms with Crippen LogP contribution < -0.4 is 33.8 Å². The van der Waals surface area contributed by atoms with E-state index in [0.29, 0.717) is 44.6 Å². The van der Waals surface area contributed by atoms with Gasteiger partial charge in [-0.1, -0.05) is 50.0 Å². The second kappa shape index (κ2) is 14.2. The van der Waals surface area contributed by atoms with Crippen molar-refractivity contribution in [3.63, 3.8) is 0 Å². The first-order chi connectivity index (χ1) is 21.1. The Bertz CT molecular complexity index is 1780. The van der Waals surface area contributed by atoms with Gasteiger partial charge in [0.05, 0.1) is 42.7 Å². The van der Waals surface area contributed by atoms with Crippen molar-refractivity contribution in [2.75, 3.05) is 27.4 Å². The van der Waals surface area contributed by atoms with Crippen LogP contribution in [-0.2, 0) is 14.3 Å². The van der Waals surface area contributed by atoms with Gasteiger partial charge in [0.15, 0.2) is 27.8 Å². The predicted molar refractivity (Wildman–Crippen MR) is 167 cm³/mol. The lowest BCUT2D eigenvalue weighted by Gasteiger charge is -2.25. The van der Waals surface area contributed by atoms with E-state index >= 15 is 0 Å². The molecule has 3 aromatic rings. The molecule has 0 spiro atoms. The van der Waals surface area contributed by atoms with Gasteiger partial charge in [-0.2, -0.15) is 0 Å². The number of carbonyl (C=O) groups excluding carboxylic acids is 2. The third-order valence-electron chi connectivity index (χ3n) is 6.77. The largest absolute Gasteiger partial charge is 0.493 e. The zero-order chi connectivity index (χ0) is 32.0. The van der Waals surface area contributed by atoms with Crippen molar-refractivity contribution in [2.45, 2.75) is 40.2 Å². The summed E-state index contributed by atoms with van der Waals surface area (Å²) in [5, 5.41) is 0. The summed E-state index contributed by atoms with van der Waals surface area (Å²) in [6.45, 7) is 11.4. The van der Waals surface area contributed by atoms with Crippen LogP contribution in [0.2, 0.25) is 0 Å². The minimum Gasteiger partial charge on any atom is -0.493 e. The molecule has 1 atom stereocenters. The van der Waals surface area contributed by atoms with Crippen molar-refractivity contribution >= 4 is 29.4 Å². The average molecular weight is 621 g/mol. The molecule has 1 aliphatic rings. The van der Waals surface area contributed by atoms with E-state index in [1.54, 1.807) is 38.3 Å². The zero-order valence-corrected chi connectivity index (χ0v) is 26.5. The maximum atomic E-state index is 14.0. The Kier molecular flexibility index (Phi) is 10.4. The maximum absolute atomic E-state index is 14.0. The van der Waals surface area contributed by atoms with E-state index in [-0.39, 0.29) is 29.2 Å². The molecule has 232 valence electrons. The van der Waals surface area contributed by atoms with Crippen LogP contribution in [-0.4, -0.2) is 43.9 Å². The van der Waals surface area contributed by atoms with Crippen LogP contribution in [0.3, 0.4) is 0 Å². The van der Waals surface area contributed by atoms with Crippen molar-refractivity contribution in [2.24, 2.45) is 10.9 Å². The molecule has 10 nitrogen and oxygen atoms in total. The van der Waals surface area contributed by atoms with E-state index in [2.05, 4.69) is 25.4 Å². The molecule has 1 unspecified atom stereocenters. The van der Waals surface area contributed by atoms with Gasteiger partial charge in [-0.3, -0.25) is 14.2 Å². The molecule has 0 N–H and O–H groups in total. The molecule has 0 saturated carbocycles. The zero-order valence-electron chi connectivity index (χ0n) is 25.7. The lowest BCUT2D eigenvalue weighted by molar-refractivity contribution is -0.138. The maximum Gasteiger partial charge on any atom is 0.338 e. The molecular weight excluding hydrogens is 584 g/mol. The van der Waals surface area contributed by atoms with Crippen LogP contribution in [0.5, 0.6) is 23.0 Å². The standard InChI is InChI=1S/C33H36N2O8S/c1-8-14-42-32(38)29-20(4)34-33-35(30(29)23-10-12-25(43-21(5)36)27(18-23)40-7)31(37)28(44-33)17-22-9-11-24(26(16-22)39-6)41-15-13-19(2)3/h8-12,16-19,30H,1,13-15H2,2-7H3. The van der Waals surface area contributed by atoms with E-state index in [1.165, 1.54) is 36.0 Å². The first-order valence-electron chi connectivity index (χ1n) is 14.1. The normalized spacial score (nSPS) is 14.5. The predicted octanol–water partition coefficient (Wildman–Crippen LogP) is 4.33. The summed E-state index contributed by atoms with van der Waals surface area (Å²) >= 11 is 1.20. The van der Waals surface area contributed by atoms with E-state index in [9.17, 15) is 14.4 Å². The fourth-order valence-corrected chi connectivity index (χ4v) is 5.70. The molecule has 44 heavy (non-hydrogen) atoms.